The van der Waals surface area contributed by atoms with E-state index >= 15 is 0 Å². The maximum atomic E-state index is 8.90. The first kappa shape index (κ1) is 12.3. The Morgan fingerprint density at radius 3 is 2.47 bits per heavy atom. The Hall–Kier alpha value is -1.78. The van der Waals surface area contributed by atoms with E-state index in [-0.39, 0.29) is 5.84 Å². The van der Waals surface area contributed by atoms with Gasteiger partial charge in [-0.05, 0) is 49.7 Å². The van der Waals surface area contributed by atoms with Crippen LogP contribution in [-0.4, -0.2) is 29.1 Å². The zero-order valence-electron chi connectivity index (χ0n) is 11.0. The van der Waals surface area contributed by atoms with Gasteiger partial charge in [-0.25, -0.2) is 4.98 Å². The van der Waals surface area contributed by atoms with Gasteiger partial charge in [0.05, 0.1) is 5.56 Å². The second-order valence-corrected chi connectivity index (χ2v) is 5.65. The fourth-order valence-corrected chi connectivity index (χ4v) is 2.37. The molecule has 19 heavy (non-hydrogen) atoms. The number of amidine groups is 1. The third kappa shape index (κ3) is 2.97. The highest BCUT2D eigenvalue weighted by Crippen LogP contribution is 2.35. The van der Waals surface area contributed by atoms with Crippen molar-refractivity contribution in [2.75, 3.05) is 18.0 Å². The van der Waals surface area contributed by atoms with Crippen molar-refractivity contribution in [2.24, 2.45) is 22.7 Å². The van der Waals surface area contributed by atoms with E-state index in [9.17, 15) is 0 Å². The van der Waals surface area contributed by atoms with Crippen LogP contribution in [0.1, 0.15) is 31.2 Å². The minimum atomic E-state index is 0.139. The first-order chi connectivity index (χ1) is 9.28. The lowest BCUT2D eigenvalue weighted by atomic mass is 10.2. The molecule has 1 aromatic heterocycles. The smallest absolute Gasteiger partial charge is 0.173 e. The largest absolute Gasteiger partial charge is 0.409 e. The summed E-state index contributed by atoms with van der Waals surface area (Å²) in [5.41, 5.74) is 6.49. The molecule has 0 atom stereocenters. The average Bonchev–Trinajstić information content (AvgIpc) is 3.32. The minimum absolute atomic E-state index is 0.139. The van der Waals surface area contributed by atoms with Crippen molar-refractivity contribution in [1.82, 2.24) is 4.98 Å². The fourth-order valence-electron chi connectivity index (χ4n) is 2.37. The van der Waals surface area contributed by atoms with Crippen LogP contribution in [0.3, 0.4) is 0 Å². The van der Waals surface area contributed by atoms with E-state index in [0.29, 0.717) is 0 Å². The van der Waals surface area contributed by atoms with Crippen molar-refractivity contribution in [3.63, 3.8) is 0 Å². The van der Waals surface area contributed by atoms with Gasteiger partial charge in [-0.1, -0.05) is 5.16 Å². The molecule has 0 amide bonds. The van der Waals surface area contributed by atoms with Crippen molar-refractivity contribution < 1.29 is 5.21 Å². The molecule has 5 heteroatoms. The molecular weight excluding hydrogens is 240 g/mol. The van der Waals surface area contributed by atoms with E-state index in [0.717, 1.165) is 36.3 Å². The van der Waals surface area contributed by atoms with E-state index in [2.05, 4.69) is 15.0 Å². The highest BCUT2D eigenvalue weighted by atomic mass is 16.4. The second kappa shape index (κ2) is 5.07. The number of nitrogens with two attached hydrogens (primary N) is 1. The molecular formula is C14H20N4O. The molecule has 0 bridgehead atoms. The van der Waals surface area contributed by atoms with Crippen LogP contribution in [-0.2, 0) is 0 Å². The van der Waals surface area contributed by atoms with Crippen molar-refractivity contribution >= 4 is 11.7 Å². The lowest BCUT2D eigenvalue weighted by molar-refractivity contribution is 0.318. The van der Waals surface area contributed by atoms with Crippen LogP contribution in [0.25, 0.3) is 0 Å². The molecule has 0 unspecified atom stereocenters. The Bertz CT molecular complexity index is 466. The van der Waals surface area contributed by atoms with Gasteiger partial charge >= 0.3 is 0 Å². The Labute approximate surface area is 113 Å². The van der Waals surface area contributed by atoms with Crippen molar-refractivity contribution in [3.05, 3.63) is 23.9 Å². The second-order valence-electron chi connectivity index (χ2n) is 5.65. The molecule has 102 valence electrons. The van der Waals surface area contributed by atoms with Gasteiger partial charge in [-0.3, -0.25) is 0 Å². The molecule has 2 saturated carbocycles. The molecule has 0 saturated heterocycles. The van der Waals surface area contributed by atoms with Crippen molar-refractivity contribution in [1.29, 1.82) is 0 Å². The van der Waals surface area contributed by atoms with E-state index in [4.69, 9.17) is 10.9 Å². The lowest BCUT2D eigenvalue weighted by Crippen LogP contribution is -2.31. The summed E-state index contributed by atoms with van der Waals surface area (Å²) in [5, 5.41) is 12.0. The van der Waals surface area contributed by atoms with Crippen LogP contribution in [0, 0.1) is 11.8 Å². The van der Waals surface area contributed by atoms with Gasteiger partial charge in [0, 0.05) is 19.3 Å². The summed E-state index contributed by atoms with van der Waals surface area (Å²) in [6.45, 7) is 2.08. The molecule has 0 aromatic carbocycles. The maximum Gasteiger partial charge on any atom is 0.173 e. The molecule has 0 aliphatic heterocycles. The van der Waals surface area contributed by atoms with Gasteiger partial charge in [0.25, 0.3) is 0 Å². The quantitative estimate of drug-likeness (QED) is 0.354. The topological polar surface area (TPSA) is 74.7 Å². The van der Waals surface area contributed by atoms with E-state index in [1.165, 1.54) is 25.7 Å². The summed E-state index contributed by atoms with van der Waals surface area (Å²) in [6.07, 6.45) is 7.02. The van der Waals surface area contributed by atoms with Crippen LogP contribution < -0.4 is 10.6 Å². The first-order valence-corrected chi connectivity index (χ1v) is 6.95. The normalized spacial score (nSPS) is 19.5. The number of hydrogen-bond acceptors (Lipinski definition) is 4. The van der Waals surface area contributed by atoms with Gasteiger partial charge in [0.1, 0.15) is 5.82 Å². The number of oxime groups is 1. The predicted octanol–water partition coefficient (Wildman–Crippen LogP) is 1.80. The van der Waals surface area contributed by atoms with Crippen LogP contribution in [0.2, 0.25) is 0 Å². The van der Waals surface area contributed by atoms with Crippen LogP contribution >= 0.6 is 0 Å². The molecule has 3 rings (SSSR count). The van der Waals surface area contributed by atoms with Crippen molar-refractivity contribution in [3.8, 4) is 0 Å². The number of nitrogens with zero attached hydrogens (tertiary/aromatic N) is 3. The SMILES string of the molecule is NC(=NO)c1cccnc1N(CC1CC1)CC1CC1. The van der Waals surface area contributed by atoms with Gasteiger partial charge in [0.15, 0.2) is 5.84 Å². The molecule has 5 nitrogen and oxygen atoms in total. The van der Waals surface area contributed by atoms with Crippen LogP contribution in [0.5, 0.6) is 0 Å². The maximum absolute atomic E-state index is 8.90. The van der Waals surface area contributed by atoms with Gasteiger partial charge < -0.3 is 15.8 Å². The van der Waals surface area contributed by atoms with Gasteiger partial charge in [-0.15, -0.1) is 0 Å². The third-order valence-electron chi connectivity index (χ3n) is 3.82. The number of aromatic nitrogens is 1. The number of pyridine rings is 1. The summed E-state index contributed by atoms with van der Waals surface area (Å²) in [5.74, 6) is 2.58. The predicted molar refractivity (Wildman–Crippen MR) is 74.4 cm³/mol. The Morgan fingerprint density at radius 1 is 1.32 bits per heavy atom. The van der Waals surface area contributed by atoms with E-state index < -0.39 is 0 Å². The van der Waals surface area contributed by atoms with Gasteiger partial charge in [-0.2, -0.15) is 0 Å². The number of anilines is 1. The summed E-state index contributed by atoms with van der Waals surface area (Å²) < 4.78 is 0. The molecule has 0 radical (unpaired) electrons. The first-order valence-electron chi connectivity index (χ1n) is 6.95. The Balaban J connectivity index is 1.86. The summed E-state index contributed by atoms with van der Waals surface area (Å²) >= 11 is 0. The number of hydrogen-bond donors (Lipinski definition) is 2. The number of rotatable bonds is 6. The van der Waals surface area contributed by atoms with Crippen LogP contribution in [0.15, 0.2) is 23.5 Å². The lowest BCUT2D eigenvalue weighted by Gasteiger charge is -2.25. The molecule has 2 aliphatic rings. The molecule has 3 N–H and O–H groups in total. The summed E-state index contributed by atoms with van der Waals surface area (Å²) in [6, 6.07) is 3.69. The van der Waals surface area contributed by atoms with E-state index in [1.54, 1.807) is 6.20 Å². The summed E-state index contributed by atoms with van der Waals surface area (Å²) in [4.78, 5) is 6.79. The van der Waals surface area contributed by atoms with E-state index in [1.807, 2.05) is 12.1 Å². The standard InChI is InChI=1S/C14H20N4O/c15-13(17-19)12-2-1-7-16-14(12)18(8-10-3-4-10)9-11-5-6-11/h1-2,7,10-11,19H,3-6,8-9H2,(H2,15,17). The molecule has 2 aliphatic carbocycles. The minimum Gasteiger partial charge on any atom is -0.409 e. The Morgan fingerprint density at radius 2 is 1.95 bits per heavy atom. The molecule has 2 fully saturated rings. The highest BCUT2D eigenvalue weighted by Gasteiger charge is 2.31. The van der Waals surface area contributed by atoms with Crippen LogP contribution in [0.4, 0.5) is 5.82 Å². The fraction of sp³-hybridized carbons (Fsp3) is 0.571. The molecule has 0 spiro atoms. The highest BCUT2D eigenvalue weighted by molar-refractivity contribution is 6.01. The Kier molecular flexibility index (Phi) is 3.27. The summed E-state index contributed by atoms with van der Waals surface area (Å²) in [7, 11) is 0. The van der Waals surface area contributed by atoms with Crippen molar-refractivity contribution in [2.45, 2.75) is 25.7 Å². The third-order valence-corrected chi connectivity index (χ3v) is 3.82. The average molecular weight is 260 g/mol. The zero-order valence-corrected chi connectivity index (χ0v) is 11.0. The monoisotopic (exact) mass is 260 g/mol. The molecule has 1 aromatic rings. The van der Waals surface area contributed by atoms with Gasteiger partial charge in [0.2, 0.25) is 0 Å². The molecule has 1 heterocycles. The zero-order chi connectivity index (χ0) is 13.2.